The summed E-state index contributed by atoms with van der Waals surface area (Å²) in [5, 5.41) is 2.13. The van der Waals surface area contributed by atoms with Gasteiger partial charge in [0.25, 0.3) is 0 Å². The molecule has 0 atom stereocenters. The van der Waals surface area contributed by atoms with Gasteiger partial charge < -0.3 is 14.2 Å². The van der Waals surface area contributed by atoms with Crippen molar-refractivity contribution >= 4 is 51.3 Å². The zero-order chi connectivity index (χ0) is 24.4. The third kappa shape index (κ3) is 4.90. The maximum atomic E-state index is 14.0. The second-order valence-corrected chi connectivity index (χ2v) is 8.97. The molecular weight excluding hydrogens is 560 g/mol. The van der Waals surface area contributed by atoms with Crippen molar-refractivity contribution in [1.29, 1.82) is 0 Å². The standard InChI is InChI=1S/C28H19FINO4/c1-33-25-14-17(12-23(30)26(25)34-16-21-8-4-5-9-22(21)29)13-24-28(32)35-27(31-24)20-11-10-18-6-2-3-7-19(18)15-20/h2-15H,16H2,1H3/b24-13-. The monoisotopic (exact) mass is 579 g/mol. The van der Waals surface area contributed by atoms with Crippen molar-refractivity contribution in [3.63, 3.8) is 0 Å². The molecule has 5 rings (SSSR count). The number of carbonyl (C=O) groups excluding carboxylic acids is 1. The van der Waals surface area contributed by atoms with E-state index in [1.165, 1.54) is 13.2 Å². The minimum absolute atomic E-state index is 0.0607. The molecule has 35 heavy (non-hydrogen) atoms. The average Bonchev–Trinajstić information content (AvgIpc) is 3.23. The summed E-state index contributed by atoms with van der Waals surface area (Å²) in [6.07, 6.45) is 1.64. The SMILES string of the molecule is COc1cc(/C=C2\N=C(c3ccc4ccccc4c3)OC2=O)cc(I)c1OCc1ccccc1F. The van der Waals surface area contributed by atoms with Crippen LogP contribution in [0.2, 0.25) is 0 Å². The van der Waals surface area contributed by atoms with E-state index in [0.717, 1.165) is 19.9 Å². The van der Waals surface area contributed by atoms with Crippen LogP contribution in [0.3, 0.4) is 0 Å². The number of nitrogens with zero attached hydrogens (tertiary/aromatic N) is 1. The number of ether oxygens (including phenoxy) is 3. The number of fused-ring (bicyclic) bond motifs is 1. The molecule has 0 saturated carbocycles. The van der Waals surface area contributed by atoms with Crippen LogP contribution in [0.5, 0.6) is 11.5 Å². The maximum absolute atomic E-state index is 14.0. The fourth-order valence-corrected chi connectivity index (χ4v) is 4.52. The topological polar surface area (TPSA) is 57.1 Å². The molecular formula is C28H19FINO4. The second-order valence-electron chi connectivity index (χ2n) is 7.81. The van der Waals surface area contributed by atoms with Crippen LogP contribution in [-0.4, -0.2) is 19.0 Å². The molecule has 1 heterocycles. The van der Waals surface area contributed by atoms with Gasteiger partial charge in [0.2, 0.25) is 5.90 Å². The molecule has 0 saturated heterocycles. The highest BCUT2D eigenvalue weighted by Gasteiger charge is 2.25. The molecule has 0 bridgehead atoms. The fraction of sp³-hybridized carbons (Fsp3) is 0.0714. The number of hydrogen-bond acceptors (Lipinski definition) is 5. The van der Waals surface area contributed by atoms with Crippen molar-refractivity contribution in [2.75, 3.05) is 7.11 Å². The molecule has 0 radical (unpaired) electrons. The Labute approximate surface area is 215 Å². The molecule has 5 nitrogen and oxygen atoms in total. The van der Waals surface area contributed by atoms with E-state index >= 15 is 0 Å². The van der Waals surface area contributed by atoms with Gasteiger partial charge in [-0.25, -0.2) is 14.2 Å². The Morgan fingerprint density at radius 3 is 2.57 bits per heavy atom. The smallest absolute Gasteiger partial charge is 0.363 e. The first-order valence-electron chi connectivity index (χ1n) is 10.8. The van der Waals surface area contributed by atoms with Gasteiger partial charge in [0.1, 0.15) is 12.4 Å². The largest absolute Gasteiger partial charge is 0.493 e. The van der Waals surface area contributed by atoms with Gasteiger partial charge in [0.05, 0.1) is 10.7 Å². The Morgan fingerprint density at radius 2 is 1.77 bits per heavy atom. The van der Waals surface area contributed by atoms with E-state index in [9.17, 15) is 9.18 Å². The summed E-state index contributed by atoms with van der Waals surface area (Å²) >= 11 is 2.12. The van der Waals surface area contributed by atoms with Crippen LogP contribution in [-0.2, 0) is 16.1 Å². The molecule has 4 aromatic rings. The molecule has 0 spiro atoms. The normalized spacial score (nSPS) is 14.2. The van der Waals surface area contributed by atoms with Crippen molar-refractivity contribution in [3.8, 4) is 11.5 Å². The quantitative estimate of drug-likeness (QED) is 0.148. The summed E-state index contributed by atoms with van der Waals surface area (Å²) in [6.45, 7) is 0.0607. The highest BCUT2D eigenvalue weighted by molar-refractivity contribution is 14.1. The Morgan fingerprint density at radius 1 is 1.00 bits per heavy atom. The van der Waals surface area contributed by atoms with Gasteiger partial charge in [-0.15, -0.1) is 0 Å². The third-order valence-corrected chi connectivity index (χ3v) is 6.30. The van der Waals surface area contributed by atoms with E-state index in [4.69, 9.17) is 14.2 Å². The van der Waals surface area contributed by atoms with Crippen LogP contribution in [0.25, 0.3) is 16.8 Å². The van der Waals surface area contributed by atoms with E-state index in [1.54, 1.807) is 30.3 Å². The third-order valence-electron chi connectivity index (χ3n) is 5.50. The predicted octanol–water partition coefficient (Wildman–Crippen LogP) is 6.52. The number of benzene rings is 4. The van der Waals surface area contributed by atoms with Crippen LogP contribution < -0.4 is 9.47 Å². The first kappa shape index (κ1) is 23.0. The molecule has 0 N–H and O–H groups in total. The van der Waals surface area contributed by atoms with Gasteiger partial charge >= 0.3 is 5.97 Å². The number of halogens is 2. The zero-order valence-electron chi connectivity index (χ0n) is 18.6. The molecule has 1 aliphatic heterocycles. The summed E-state index contributed by atoms with van der Waals surface area (Å²) < 4.78 is 31.5. The Balaban J connectivity index is 1.42. The minimum Gasteiger partial charge on any atom is -0.493 e. The Kier molecular flexibility index (Phi) is 6.50. The molecule has 1 aliphatic rings. The van der Waals surface area contributed by atoms with Crippen LogP contribution in [0, 0.1) is 9.39 Å². The van der Waals surface area contributed by atoms with Crippen LogP contribution in [0.4, 0.5) is 4.39 Å². The molecule has 0 fully saturated rings. The molecule has 0 aromatic heterocycles. The van der Waals surface area contributed by atoms with Gasteiger partial charge in [0.15, 0.2) is 17.2 Å². The van der Waals surface area contributed by atoms with Crippen molar-refractivity contribution in [2.45, 2.75) is 6.61 Å². The van der Waals surface area contributed by atoms with E-state index in [1.807, 2.05) is 48.5 Å². The Hall–Kier alpha value is -3.72. The molecule has 0 aliphatic carbocycles. The number of methoxy groups -OCH3 is 1. The number of aliphatic imine (C=N–C) groups is 1. The summed E-state index contributed by atoms with van der Waals surface area (Å²) in [6, 6.07) is 23.8. The minimum atomic E-state index is -0.526. The lowest BCUT2D eigenvalue weighted by Crippen LogP contribution is -2.05. The van der Waals surface area contributed by atoms with Crippen molar-refractivity contribution in [2.24, 2.45) is 4.99 Å². The fourth-order valence-electron chi connectivity index (χ4n) is 3.74. The highest BCUT2D eigenvalue weighted by Crippen LogP contribution is 2.36. The molecule has 7 heteroatoms. The summed E-state index contributed by atoms with van der Waals surface area (Å²) in [7, 11) is 1.53. The second kappa shape index (κ2) is 9.87. The number of carbonyl (C=O) groups is 1. The zero-order valence-corrected chi connectivity index (χ0v) is 20.8. The predicted molar refractivity (Wildman–Crippen MR) is 141 cm³/mol. The van der Waals surface area contributed by atoms with Crippen LogP contribution in [0.1, 0.15) is 16.7 Å². The van der Waals surface area contributed by atoms with Crippen LogP contribution >= 0.6 is 22.6 Å². The molecule has 174 valence electrons. The average molecular weight is 579 g/mol. The number of hydrogen-bond donors (Lipinski definition) is 0. The molecule has 0 amide bonds. The van der Waals surface area contributed by atoms with E-state index in [2.05, 4.69) is 27.6 Å². The van der Waals surface area contributed by atoms with Gasteiger partial charge in [-0.05, 0) is 75.3 Å². The Bertz CT molecular complexity index is 1510. The lowest BCUT2D eigenvalue weighted by atomic mass is 10.1. The number of rotatable bonds is 6. The van der Waals surface area contributed by atoms with Crippen LogP contribution in [0.15, 0.2) is 89.6 Å². The van der Waals surface area contributed by atoms with Crippen molar-refractivity contribution in [1.82, 2.24) is 0 Å². The van der Waals surface area contributed by atoms with E-state index in [-0.39, 0.29) is 24.0 Å². The lowest BCUT2D eigenvalue weighted by molar-refractivity contribution is -0.129. The van der Waals surface area contributed by atoms with E-state index in [0.29, 0.717) is 22.6 Å². The van der Waals surface area contributed by atoms with Gasteiger partial charge in [-0.3, -0.25) is 0 Å². The van der Waals surface area contributed by atoms with Crippen molar-refractivity contribution in [3.05, 3.63) is 111 Å². The first-order valence-corrected chi connectivity index (χ1v) is 11.8. The van der Waals surface area contributed by atoms with Gasteiger partial charge in [-0.1, -0.05) is 48.5 Å². The lowest BCUT2D eigenvalue weighted by Gasteiger charge is -2.14. The maximum Gasteiger partial charge on any atom is 0.363 e. The summed E-state index contributed by atoms with van der Waals surface area (Å²) in [5.74, 6) is 0.362. The molecule has 0 unspecified atom stereocenters. The first-order chi connectivity index (χ1) is 17.0. The number of esters is 1. The highest BCUT2D eigenvalue weighted by atomic mass is 127. The van der Waals surface area contributed by atoms with Crippen molar-refractivity contribution < 1.29 is 23.4 Å². The number of cyclic esters (lactones) is 1. The molecule has 4 aromatic carbocycles. The van der Waals surface area contributed by atoms with Gasteiger partial charge in [-0.2, -0.15) is 0 Å². The van der Waals surface area contributed by atoms with E-state index < -0.39 is 5.97 Å². The summed E-state index contributed by atoms with van der Waals surface area (Å²) in [5.41, 5.74) is 2.05. The summed E-state index contributed by atoms with van der Waals surface area (Å²) in [4.78, 5) is 16.9. The van der Waals surface area contributed by atoms with Gasteiger partial charge in [0, 0.05) is 11.1 Å².